The van der Waals surface area contributed by atoms with Crippen LogP contribution >= 0.6 is 11.6 Å². The second kappa shape index (κ2) is 7.48. The zero-order chi connectivity index (χ0) is 14.4. The van der Waals surface area contributed by atoms with Crippen LogP contribution in [0.3, 0.4) is 0 Å². The minimum absolute atomic E-state index is 0.774. The molecule has 3 nitrogen and oxygen atoms in total. The van der Waals surface area contributed by atoms with Gasteiger partial charge in [-0.2, -0.15) is 0 Å². The first kappa shape index (κ1) is 15.1. The van der Waals surface area contributed by atoms with Gasteiger partial charge in [0.05, 0.1) is 13.1 Å². The predicted octanol–water partition coefficient (Wildman–Crippen LogP) is 3.67. The van der Waals surface area contributed by atoms with Crippen molar-refractivity contribution in [3.8, 4) is 0 Å². The molecule has 1 aromatic heterocycles. The normalized spacial score (nSPS) is 11.2. The van der Waals surface area contributed by atoms with Crippen molar-refractivity contribution in [2.75, 3.05) is 13.6 Å². The molecule has 0 saturated heterocycles. The summed E-state index contributed by atoms with van der Waals surface area (Å²) in [5.41, 5.74) is 1.25. The SMILES string of the molecule is CCNCc1ccc(CN(C)Cc2ccc(Cl)cc2)o1. The van der Waals surface area contributed by atoms with Gasteiger partial charge in [0.25, 0.3) is 0 Å². The summed E-state index contributed by atoms with van der Waals surface area (Å²) >= 11 is 5.89. The molecule has 108 valence electrons. The van der Waals surface area contributed by atoms with Gasteiger partial charge in [-0.3, -0.25) is 4.90 Å². The van der Waals surface area contributed by atoms with Gasteiger partial charge in [-0.05, 0) is 43.4 Å². The number of benzene rings is 1. The van der Waals surface area contributed by atoms with E-state index in [1.807, 2.05) is 24.3 Å². The Morgan fingerprint density at radius 2 is 1.75 bits per heavy atom. The Kier molecular flexibility index (Phi) is 5.65. The van der Waals surface area contributed by atoms with Crippen molar-refractivity contribution in [1.82, 2.24) is 10.2 Å². The lowest BCUT2D eigenvalue weighted by Gasteiger charge is -2.15. The molecule has 0 bridgehead atoms. The fourth-order valence-corrected chi connectivity index (χ4v) is 2.20. The van der Waals surface area contributed by atoms with Crippen LogP contribution in [0.15, 0.2) is 40.8 Å². The Morgan fingerprint density at radius 3 is 2.45 bits per heavy atom. The summed E-state index contributed by atoms with van der Waals surface area (Å²) in [6.07, 6.45) is 0. The van der Waals surface area contributed by atoms with Crippen LogP contribution in [-0.2, 0) is 19.6 Å². The molecule has 1 N–H and O–H groups in total. The molecule has 0 fully saturated rings. The van der Waals surface area contributed by atoms with Crippen molar-refractivity contribution in [3.05, 3.63) is 58.5 Å². The van der Waals surface area contributed by atoms with E-state index in [2.05, 4.69) is 36.3 Å². The number of halogens is 1. The van der Waals surface area contributed by atoms with Gasteiger partial charge < -0.3 is 9.73 Å². The van der Waals surface area contributed by atoms with Crippen LogP contribution in [0.4, 0.5) is 0 Å². The van der Waals surface area contributed by atoms with Gasteiger partial charge in [-0.25, -0.2) is 0 Å². The zero-order valence-electron chi connectivity index (χ0n) is 12.0. The summed E-state index contributed by atoms with van der Waals surface area (Å²) in [5.74, 6) is 1.98. The lowest BCUT2D eigenvalue weighted by Crippen LogP contribution is -2.16. The third kappa shape index (κ3) is 4.67. The van der Waals surface area contributed by atoms with Gasteiger partial charge in [0.2, 0.25) is 0 Å². The summed E-state index contributed by atoms with van der Waals surface area (Å²) in [7, 11) is 2.08. The maximum Gasteiger partial charge on any atom is 0.118 e. The van der Waals surface area contributed by atoms with Crippen LogP contribution < -0.4 is 5.32 Å². The van der Waals surface area contributed by atoms with Gasteiger partial charge in [0.15, 0.2) is 0 Å². The maximum absolute atomic E-state index is 5.89. The Morgan fingerprint density at radius 1 is 1.05 bits per heavy atom. The molecule has 0 radical (unpaired) electrons. The van der Waals surface area contributed by atoms with Crippen LogP contribution in [0.1, 0.15) is 24.0 Å². The fraction of sp³-hybridized carbons (Fsp3) is 0.375. The van der Waals surface area contributed by atoms with Crippen molar-refractivity contribution >= 4 is 11.6 Å². The largest absolute Gasteiger partial charge is 0.463 e. The Bertz CT molecular complexity index is 522. The number of hydrogen-bond donors (Lipinski definition) is 1. The third-order valence-corrected chi connectivity index (χ3v) is 3.31. The second-order valence-corrected chi connectivity index (χ2v) is 5.38. The first-order valence-electron chi connectivity index (χ1n) is 6.88. The van der Waals surface area contributed by atoms with Crippen molar-refractivity contribution in [1.29, 1.82) is 0 Å². The molecular formula is C16H21ClN2O. The molecule has 0 aliphatic rings. The summed E-state index contributed by atoms with van der Waals surface area (Å²) < 4.78 is 5.79. The predicted molar refractivity (Wildman–Crippen MR) is 82.7 cm³/mol. The van der Waals surface area contributed by atoms with E-state index in [1.165, 1.54) is 5.56 Å². The monoisotopic (exact) mass is 292 g/mol. The van der Waals surface area contributed by atoms with Gasteiger partial charge in [0, 0.05) is 11.6 Å². The number of hydrogen-bond acceptors (Lipinski definition) is 3. The molecule has 0 spiro atoms. The molecule has 20 heavy (non-hydrogen) atoms. The van der Waals surface area contributed by atoms with Crippen molar-refractivity contribution in [2.24, 2.45) is 0 Å². The van der Waals surface area contributed by atoms with Crippen molar-refractivity contribution in [2.45, 2.75) is 26.6 Å². The van der Waals surface area contributed by atoms with Gasteiger partial charge in [-0.1, -0.05) is 30.7 Å². The highest BCUT2D eigenvalue weighted by molar-refractivity contribution is 6.30. The molecule has 0 amide bonds. The molecular weight excluding hydrogens is 272 g/mol. The van der Waals surface area contributed by atoms with E-state index in [4.69, 9.17) is 16.0 Å². The summed E-state index contributed by atoms with van der Waals surface area (Å²) in [6, 6.07) is 12.0. The van der Waals surface area contributed by atoms with Crippen LogP contribution in [0, 0.1) is 0 Å². The molecule has 0 aliphatic carbocycles. The molecule has 0 aliphatic heterocycles. The highest BCUT2D eigenvalue weighted by Gasteiger charge is 2.06. The molecule has 1 heterocycles. The highest BCUT2D eigenvalue weighted by Crippen LogP contribution is 2.14. The lowest BCUT2D eigenvalue weighted by molar-refractivity contribution is 0.282. The van der Waals surface area contributed by atoms with E-state index >= 15 is 0 Å². The molecule has 0 atom stereocenters. The van der Waals surface area contributed by atoms with E-state index in [0.717, 1.165) is 42.7 Å². The summed E-state index contributed by atoms with van der Waals surface area (Å²) in [6.45, 7) is 5.50. The number of furan rings is 1. The Labute approximate surface area is 125 Å². The van der Waals surface area contributed by atoms with Gasteiger partial charge in [0.1, 0.15) is 11.5 Å². The van der Waals surface area contributed by atoms with Gasteiger partial charge >= 0.3 is 0 Å². The smallest absolute Gasteiger partial charge is 0.118 e. The number of nitrogens with one attached hydrogen (secondary N) is 1. The van der Waals surface area contributed by atoms with E-state index in [0.29, 0.717) is 0 Å². The molecule has 2 aromatic rings. The summed E-state index contributed by atoms with van der Waals surface area (Å²) in [4.78, 5) is 2.22. The van der Waals surface area contributed by atoms with Crippen LogP contribution in [0.5, 0.6) is 0 Å². The minimum atomic E-state index is 0.774. The second-order valence-electron chi connectivity index (χ2n) is 4.95. The van der Waals surface area contributed by atoms with Crippen LogP contribution in [0.2, 0.25) is 5.02 Å². The molecule has 2 rings (SSSR count). The van der Waals surface area contributed by atoms with E-state index in [1.54, 1.807) is 0 Å². The average molecular weight is 293 g/mol. The standard InChI is InChI=1S/C16H21ClN2O/c1-3-18-10-15-8-9-16(20-15)12-19(2)11-13-4-6-14(17)7-5-13/h4-9,18H,3,10-12H2,1-2H3. The van der Waals surface area contributed by atoms with Crippen molar-refractivity contribution in [3.63, 3.8) is 0 Å². The molecule has 0 saturated carbocycles. The number of rotatable bonds is 7. The maximum atomic E-state index is 5.89. The number of nitrogens with zero attached hydrogens (tertiary/aromatic N) is 1. The van der Waals surface area contributed by atoms with Crippen molar-refractivity contribution < 1.29 is 4.42 Å². The van der Waals surface area contributed by atoms with Gasteiger partial charge in [-0.15, -0.1) is 0 Å². The first-order valence-corrected chi connectivity index (χ1v) is 7.26. The van der Waals surface area contributed by atoms with Crippen LogP contribution in [0.25, 0.3) is 0 Å². The molecule has 0 unspecified atom stereocenters. The highest BCUT2D eigenvalue weighted by atomic mass is 35.5. The quantitative estimate of drug-likeness (QED) is 0.844. The third-order valence-electron chi connectivity index (χ3n) is 3.06. The Hall–Kier alpha value is -1.29. The van der Waals surface area contributed by atoms with Crippen LogP contribution in [-0.4, -0.2) is 18.5 Å². The Balaban J connectivity index is 1.86. The average Bonchev–Trinajstić information content (AvgIpc) is 2.86. The van der Waals surface area contributed by atoms with E-state index in [9.17, 15) is 0 Å². The van der Waals surface area contributed by atoms with E-state index in [-0.39, 0.29) is 0 Å². The topological polar surface area (TPSA) is 28.4 Å². The summed E-state index contributed by atoms with van der Waals surface area (Å²) in [5, 5.41) is 4.03. The zero-order valence-corrected chi connectivity index (χ0v) is 12.8. The lowest BCUT2D eigenvalue weighted by atomic mass is 10.2. The molecule has 4 heteroatoms. The van der Waals surface area contributed by atoms with E-state index < -0.39 is 0 Å². The fourth-order valence-electron chi connectivity index (χ4n) is 2.07. The molecule has 1 aromatic carbocycles. The first-order chi connectivity index (χ1) is 9.67. The minimum Gasteiger partial charge on any atom is -0.463 e.